The van der Waals surface area contributed by atoms with Crippen LogP contribution in [0.15, 0.2) is 63.9 Å². The number of anilines is 1. The lowest BCUT2D eigenvalue weighted by molar-refractivity contribution is 0.420. The average Bonchev–Trinajstić information content (AvgIpc) is 2.77. The van der Waals surface area contributed by atoms with Crippen molar-refractivity contribution in [1.29, 1.82) is 0 Å². The first-order valence-corrected chi connectivity index (χ1v) is 11.8. The maximum atomic E-state index is 13.4. The number of aryl methyl sites for hydroxylation is 1. The van der Waals surface area contributed by atoms with Crippen LogP contribution in [-0.4, -0.2) is 4.98 Å². The Hall–Kier alpha value is -3.11. The summed E-state index contributed by atoms with van der Waals surface area (Å²) in [5, 5.41) is 4.51. The maximum Gasteiger partial charge on any atom is 0.196 e. The van der Waals surface area contributed by atoms with Gasteiger partial charge in [0.25, 0.3) is 0 Å². The van der Waals surface area contributed by atoms with Gasteiger partial charge < -0.3 is 9.73 Å². The molecule has 2 heterocycles. The van der Waals surface area contributed by atoms with Crippen LogP contribution in [0.4, 0.5) is 5.69 Å². The fraction of sp³-hybridized carbons (Fsp3) is 0.286. The molecule has 1 aliphatic rings. The van der Waals surface area contributed by atoms with Gasteiger partial charge in [0.2, 0.25) is 0 Å². The van der Waals surface area contributed by atoms with Crippen LogP contribution in [0.2, 0.25) is 5.15 Å². The van der Waals surface area contributed by atoms with E-state index in [0.717, 1.165) is 22.4 Å². The zero-order valence-corrected chi connectivity index (χ0v) is 19.9. The van der Waals surface area contributed by atoms with Gasteiger partial charge in [0.15, 0.2) is 5.43 Å². The Morgan fingerprint density at radius 1 is 1.09 bits per heavy atom. The van der Waals surface area contributed by atoms with E-state index in [1.54, 1.807) is 12.3 Å². The van der Waals surface area contributed by atoms with E-state index < -0.39 is 0 Å². The molecule has 1 aliphatic carbocycles. The average molecular weight is 459 g/mol. The number of nitrogens with one attached hydrogen (secondary N) is 1. The predicted molar refractivity (Wildman–Crippen MR) is 135 cm³/mol. The molecule has 0 bridgehead atoms. The van der Waals surface area contributed by atoms with Crippen LogP contribution in [0.5, 0.6) is 0 Å². The summed E-state index contributed by atoms with van der Waals surface area (Å²) in [5.74, 6) is 1.31. The molecule has 2 aromatic heterocycles. The summed E-state index contributed by atoms with van der Waals surface area (Å²) in [6.07, 6.45) is 5.54. The monoisotopic (exact) mass is 458 g/mol. The third-order valence-corrected chi connectivity index (χ3v) is 6.94. The fourth-order valence-electron chi connectivity index (χ4n) is 4.60. The molecule has 0 spiro atoms. The van der Waals surface area contributed by atoms with Crippen LogP contribution in [0.3, 0.4) is 0 Å². The van der Waals surface area contributed by atoms with E-state index in [0.29, 0.717) is 33.4 Å². The van der Waals surface area contributed by atoms with Crippen LogP contribution in [-0.2, 0) is 0 Å². The molecular formula is C28H27ClN2O2. The van der Waals surface area contributed by atoms with E-state index in [-0.39, 0.29) is 11.5 Å². The second-order valence-electron chi connectivity index (χ2n) is 9.10. The van der Waals surface area contributed by atoms with Gasteiger partial charge >= 0.3 is 0 Å². The maximum absolute atomic E-state index is 13.4. The topological polar surface area (TPSA) is 55.1 Å². The standard InChI is InChI=1S/C28H27ClN2O2/c1-16-13-23(18(3)31-22-11-12-25(29)30-15-22)28-24(14-16)26(32)17(2)27(33-28)21-9-7-20(8-10-21)19-5-4-6-19/h7-15,18-19,31H,4-6H2,1-3H3/t18-/m1/s1. The molecule has 1 fully saturated rings. The van der Waals surface area contributed by atoms with Crippen LogP contribution in [0.1, 0.15) is 60.4 Å². The van der Waals surface area contributed by atoms with Crippen LogP contribution in [0, 0.1) is 13.8 Å². The van der Waals surface area contributed by atoms with E-state index in [1.165, 1.54) is 24.8 Å². The Labute approximate surface area is 198 Å². The number of pyridine rings is 1. The van der Waals surface area contributed by atoms with Gasteiger partial charge in [0.05, 0.1) is 23.3 Å². The molecule has 1 N–H and O–H groups in total. The first-order valence-electron chi connectivity index (χ1n) is 11.5. The van der Waals surface area contributed by atoms with Gasteiger partial charge in [-0.05, 0) is 68.9 Å². The lowest BCUT2D eigenvalue weighted by Crippen LogP contribution is -2.12. The van der Waals surface area contributed by atoms with Gasteiger partial charge in [-0.3, -0.25) is 4.79 Å². The molecule has 33 heavy (non-hydrogen) atoms. The second-order valence-corrected chi connectivity index (χ2v) is 9.49. The van der Waals surface area contributed by atoms with E-state index >= 15 is 0 Å². The zero-order valence-electron chi connectivity index (χ0n) is 19.1. The van der Waals surface area contributed by atoms with E-state index in [4.69, 9.17) is 16.0 Å². The van der Waals surface area contributed by atoms with Crippen molar-refractivity contribution in [3.8, 4) is 11.3 Å². The van der Waals surface area contributed by atoms with E-state index in [9.17, 15) is 4.79 Å². The molecule has 1 saturated carbocycles. The molecule has 0 radical (unpaired) electrons. The highest BCUT2D eigenvalue weighted by atomic mass is 35.5. The zero-order chi connectivity index (χ0) is 23.1. The van der Waals surface area contributed by atoms with Crippen molar-refractivity contribution in [2.75, 3.05) is 5.32 Å². The summed E-state index contributed by atoms with van der Waals surface area (Å²) < 4.78 is 6.49. The molecule has 168 valence electrons. The van der Waals surface area contributed by atoms with Crippen molar-refractivity contribution in [2.24, 2.45) is 0 Å². The van der Waals surface area contributed by atoms with E-state index in [1.807, 2.05) is 26.0 Å². The number of hydrogen-bond donors (Lipinski definition) is 1. The normalized spacial score (nSPS) is 14.8. The first-order chi connectivity index (χ1) is 15.9. The highest BCUT2D eigenvalue weighted by Gasteiger charge is 2.21. The fourth-order valence-corrected chi connectivity index (χ4v) is 4.71. The molecule has 5 heteroatoms. The molecule has 5 rings (SSSR count). The Balaban J connectivity index is 1.59. The van der Waals surface area contributed by atoms with Crippen LogP contribution >= 0.6 is 11.6 Å². The van der Waals surface area contributed by atoms with Crippen molar-refractivity contribution in [3.63, 3.8) is 0 Å². The number of halogens is 1. The minimum absolute atomic E-state index is 0.0135. The number of hydrogen-bond acceptors (Lipinski definition) is 4. The summed E-state index contributed by atoms with van der Waals surface area (Å²) in [6, 6.07) is 16.0. The molecule has 0 amide bonds. The smallest absolute Gasteiger partial charge is 0.196 e. The van der Waals surface area contributed by atoms with E-state index in [2.05, 4.69) is 47.6 Å². The quantitative estimate of drug-likeness (QED) is 0.313. The molecular weight excluding hydrogens is 432 g/mol. The molecule has 2 aromatic carbocycles. The van der Waals surface area contributed by atoms with Crippen molar-refractivity contribution in [1.82, 2.24) is 4.98 Å². The number of benzene rings is 2. The number of rotatable bonds is 5. The summed E-state index contributed by atoms with van der Waals surface area (Å²) in [5.41, 5.74) is 6.38. The summed E-state index contributed by atoms with van der Waals surface area (Å²) in [6.45, 7) is 5.90. The third-order valence-electron chi connectivity index (χ3n) is 6.72. The molecule has 4 nitrogen and oxygen atoms in total. The van der Waals surface area contributed by atoms with Gasteiger partial charge in [-0.15, -0.1) is 0 Å². The first kappa shape index (κ1) is 21.7. The molecule has 0 unspecified atom stereocenters. The lowest BCUT2D eigenvalue weighted by Gasteiger charge is -2.25. The van der Waals surface area contributed by atoms with Crippen molar-refractivity contribution in [2.45, 2.75) is 52.0 Å². The molecule has 0 saturated heterocycles. The van der Waals surface area contributed by atoms with Crippen LogP contribution < -0.4 is 10.7 Å². The van der Waals surface area contributed by atoms with Gasteiger partial charge in [0, 0.05) is 16.7 Å². The van der Waals surface area contributed by atoms with Crippen LogP contribution in [0.25, 0.3) is 22.3 Å². The number of nitrogens with zero attached hydrogens (tertiary/aromatic N) is 1. The Morgan fingerprint density at radius 2 is 1.85 bits per heavy atom. The summed E-state index contributed by atoms with van der Waals surface area (Å²) in [7, 11) is 0. The molecule has 4 aromatic rings. The highest BCUT2D eigenvalue weighted by Crippen LogP contribution is 2.38. The molecule has 1 atom stereocenters. The number of aromatic nitrogens is 1. The Kier molecular flexibility index (Phi) is 5.71. The third kappa shape index (κ3) is 4.16. The van der Waals surface area contributed by atoms with Crippen molar-refractivity contribution in [3.05, 3.63) is 92.4 Å². The van der Waals surface area contributed by atoms with Crippen molar-refractivity contribution >= 4 is 28.3 Å². The van der Waals surface area contributed by atoms with Gasteiger partial charge in [-0.25, -0.2) is 4.98 Å². The largest absolute Gasteiger partial charge is 0.455 e. The predicted octanol–water partition coefficient (Wildman–Crippen LogP) is 7.57. The Morgan fingerprint density at radius 3 is 2.48 bits per heavy atom. The number of fused-ring (bicyclic) bond motifs is 1. The highest BCUT2D eigenvalue weighted by molar-refractivity contribution is 6.29. The SMILES string of the molecule is Cc1cc([C@@H](C)Nc2ccc(Cl)nc2)c2oc(-c3ccc(C4CCC4)cc3)c(C)c(=O)c2c1. The minimum atomic E-state index is -0.102. The summed E-state index contributed by atoms with van der Waals surface area (Å²) >= 11 is 5.92. The second kappa shape index (κ2) is 8.68. The Bertz CT molecular complexity index is 1370. The van der Waals surface area contributed by atoms with Gasteiger partial charge in [-0.2, -0.15) is 0 Å². The van der Waals surface area contributed by atoms with Gasteiger partial charge in [0.1, 0.15) is 16.5 Å². The minimum Gasteiger partial charge on any atom is -0.455 e. The lowest BCUT2D eigenvalue weighted by atomic mass is 9.80. The summed E-state index contributed by atoms with van der Waals surface area (Å²) in [4.78, 5) is 17.5. The van der Waals surface area contributed by atoms with Gasteiger partial charge in [-0.1, -0.05) is 48.4 Å². The molecule has 0 aliphatic heterocycles. The van der Waals surface area contributed by atoms with Crippen molar-refractivity contribution < 1.29 is 4.42 Å².